The largest absolute Gasteiger partial charge is 0.316 e. The molecule has 0 radical (unpaired) electrons. The van der Waals surface area contributed by atoms with Crippen molar-refractivity contribution < 1.29 is 0 Å². The Morgan fingerprint density at radius 3 is 2.40 bits per heavy atom. The average molecular weight is 283 g/mol. The van der Waals surface area contributed by atoms with Crippen molar-refractivity contribution in [3.63, 3.8) is 0 Å². The molecule has 0 aromatic heterocycles. The second kappa shape index (κ2) is 9.78. The summed E-state index contributed by atoms with van der Waals surface area (Å²) in [6.07, 6.45) is 9.49. The van der Waals surface area contributed by atoms with Crippen molar-refractivity contribution in [2.24, 2.45) is 11.3 Å². The fourth-order valence-corrected chi connectivity index (χ4v) is 3.58. The van der Waals surface area contributed by atoms with Crippen LogP contribution in [0.4, 0.5) is 0 Å². The third-order valence-corrected chi connectivity index (χ3v) is 5.50. The van der Waals surface area contributed by atoms with Crippen LogP contribution >= 0.6 is 0 Å². The van der Waals surface area contributed by atoms with Gasteiger partial charge in [0.25, 0.3) is 0 Å². The number of likely N-dealkylation sites (tertiary alicyclic amines) is 1. The highest BCUT2D eigenvalue weighted by Gasteiger charge is 2.29. The quantitative estimate of drug-likeness (QED) is 0.634. The van der Waals surface area contributed by atoms with Crippen LogP contribution in [-0.2, 0) is 0 Å². The number of nitrogens with zero attached hydrogens (tertiary/aromatic N) is 1. The highest BCUT2D eigenvalue weighted by molar-refractivity contribution is 4.84. The van der Waals surface area contributed by atoms with Gasteiger partial charge >= 0.3 is 0 Å². The Morgan fingerprint density at radius 2 is 1.80 bits per heavy atom. The minimum absolute atomic E-state index is 0.487. The van der Waals surface area contributed by atoms with E-state index in [0.29, 0.717) is 5.41 Å². The molecule has 2 nitrogen and oxygen atoms in total. The van der Waals surface area contributed by atoms with E-state index >= 15 is 0 Å². The van der Waals surface area contributed by atoms with E-state index in [0.717, 1.165) is 5.92 Å². The standard InChI is InChI=1S/C18H38N2/c1-5-12-19-15-18(7-3,8-4)16-20-13-9-10-17(6-2)11-14-20/h17,19H,5-16H2,1-4H3. The maximum Gasteiger partial charge on any atom is 0.00499 e. The predicted molar refractivity (Wildman–Crippen MR) is 90.2 cm³/mol. The van der Waals surface area contributed by atoms with Gasteiger partial charge in [-0.3, -0.25) is 0 Å². The van der Waals surface area contributed by atoms with Crippen LogP contribution in [0.25, 0.3) is 0 Å². The summed E-state index contributed by atoms with van der Waals surface area (Å²) >= 11 is 0. The third-order valence-electron chi connectivity index (χ3n) is 5.50. The summed E-state index contributed by atoms with van der Waals surface area (Å²) in [6, 6.07) is 0. The molecule has 120 valence electrons. The van der Waals surface area contributed by atoms with Gasteiger partial charge in [0.1, 0.15) is 0 Å². The molecular formula is C18H38N2. The highest BCUT2D eigenvalue weighted by atomic mass is 15.1. The van der Waals surface area contributed by atoms with E-state index < -0.39 is 0 Å². The van der Waals surface area contributed by atoms with E-state index in [1.54, 1.807) is 0 Å². The van der Waals surface area contributed by atoms with E-state index in [-0.39, 0.29) is 0 Å². The van der Waals surface area contributed by atoms with Crippen LogP contribution in [0.1, 0.15) is 72.6 Å². The molecule has 1 aliphatic rings. The second-order valence-electron chi connectivity index (χ2n) is 6.87. The van der Waals surface area contributed by atoms with Crippen LogP contribution < -0.4 is 5.32 Å². The van der Waals surface area contributed by atoms with E-state index in [9.17, 15) is 0 Å². The zero-order valence-corrected chi connectivity index (χ0v) is 14.5. The molecule has 20 heavy (non-hydrogen) atoms. The Hall–Kier alpha value is -0.0800. The maximum atomic E-state index is 3.68. The maximum absolute atomic E-state index is 3.68. The number of nitrogens with one attached hydrogen (secondary N) is 1. The van der Waals surface area contributed by atoms with Gasteiger partial charge in [0.15, 0.2) is 0 Å². The first kappa shape index (κ1) is 18.0. The number of hydrogen-bond donors (Lipinski definition) is 1. The van der Waals surface area contributed by atoms with Crippen LogP contribution in [-0.4, -0.2) is 37.6 Å². The molecule has 0 saturated carbocycles. The molecule has 1 fully saturated rings. The SMILES string of the molecule is CCCNCC(CC)(CC)CN1CCCC(CC)CC1. The zero-order chi connectivity index (χ0) is 14.8. The van der Waals surface area contributed by atoms with Crippen molar-refractivity contribution in [3.05, 3.63) is 0 Å². The van der Waals surface area contributed by atoms with Gasteiger partial charge in [0.05, 0.1) is 0 Å². The summed E-state index contributed by atoms with van der Waals surface area (Å²) < 4.78 is 0. The van der Waals surface area contributed by atoms with E-state index in [2.05, 4.69) is 37.9 Å². The molecule has 1 N–H and O–H groups in total. The molecule has 0 bridgehead atoms. The molecule has 1 heterocycles. The van der Waals surface area contributed by atoms with Gasteiger partial charge in [0.2, 0.25) is 0 Å². The summed E-state index contributed by atoms with van der Waals surface area (Å²) in [5.74, 6) is 0.982. The Labute approximate surface area is 127 Å². The molecule has 1 aliphatic heterocycles. The van der Waals surface area contributed by atoms with Crippen LogP contribution in [0.3, 0.4) is 0 Å². The summed E-state index contributed by atoms with van der Waals surface area (Å²) in [7, 11) is 0. The minimum Gasteiger partial charge on any atom is -0.316 e. The Balaban J connectivity index is 2.51. The van der Waals surface area contributed by atoms with Crippen LogP contribution in [0.2, 0.25) is 0 Å². The lowest BCUT2D eigenvalue weighted by Gasteiger charge is -2.37. The highest BCUT2D eigenvalue weighted by Crippen LogP contribution is 2.29. The normalized spacial score (nSPS) is 21.9. The van der Waals surface area contributed by atoms with Crippen molar-refractivity contribution in [1.82, 2.24) is 10.2 Å². The smallest absolute Gasteiger partial charge is 0.00499 e. The predicted octanol–water partition coefficient (Wildman–Crippen LogP) is 4.30. The molecular weight excluding hydrogens is 244 g/mol. The summed E-state index contributed by atoms with van der Waals surface area (Å²) in [6.45, 7) is 15.7. The number of hydrogen-bond acceptors (Lipinski definition) is 2. The fraction of sp³-hybridized carbons (Fsp3) is 1.00. The van der Waals surface area contributed by atoms with Crippen LogP contribution in [0, 0.1) is 11.3 Å². The van der Waals surface area contributed by atoms with Gasteiger partial charge in [-0.05, 0) is 69.5 Å². The topological polar surface area (TPSA) is 15.3 Å². The summed E-state index contributed by atoms with van der Waals surface area (Å²) in [5, 5.41) is 3.68. The number of rotatable bonds is 9. The van der Waals surface area contributed by atoms with E-state index in [1.165, 1.54) is 77.7 Å². The molecule has 0 spiro atoms. The molecule has 0 amide bonds. The molecule has 1 saturated heterocycles. The summed E-state index contributed by atoms with van der Waals surface area (Å²) in [4.78, 5) is 2.76. The molecule has 2 heteroatoms. The van der Waals surface area contributed by atoms with Gasteiger partial charge < -0.3 is 10.2 Å². The lowest BCUT2D eigenvalue weighted by atomic mass is 9.81. The van der Waals surface area contributed by atoms with Crippen molar-refractivity contribution >= 4 is 0 Å². The van der Waals surface area contributed by atoms with Gasteiger partial charge in [-0.25, -0.2) is 0 Å². The second-order valence-corrected chi connectivity index (χ2v) is 6.87. The molecule has 0 aromatic carbocycles. The lowest BCUT2D eigenvalue weighted by Crippen LogP contribution is -2.44. The zero-order valence-electron chi connectivity index (χ0n) is 14.5. The first-order valence-corrected chi connectivity index (χ1v) is 9.12. The molecule has 1 atom stereocenters. The van der Waals surface area contributed by atoms with Crippen LogP contribution in [0.15, 0.2) is 0 Å². The molecule has 1 unspecified atom stereocenters. The first-order chi connectivity index (χ1) is 9.69. The van der Waals surface area contributed by atoms with Crippen molar-refractivity contribution in [2.45, 2.75) is 72.6 Å². The Kier molecular flexibility index (Phi) is 8.79. The fourth-order valence-electron chi connectivity index (χ4n) is 3.58. The Bertz CT molecular complexity index is 236. The Morgan fingerprint density at radius 1 is 1.05 bits per heavy atom. The van der Waals surface area contributed by atoms with Gasteiger partial charge in [-0.2, -0.15) is 0 Å². The van der Waals surface area contributed by atoms with Gasteiger partial charge in [0, 0.05) is 13.1 Å². The third kappa shape index (κ3) is 5.73. The lowest BCUT2D eigenvalue weighted by molar-refractivity contribution is 0.136. The monoisotopic (exact) mass is 282 g/mol. The van der Waals surface area contributed by atoms with E-state index in [4.69, 9.17) is 0 Å². The van der Waals surface area contributed by atoms with Gasteiger partial charge in [-0.1, -0.05) is 34.1 Å². The molecule has 0 aliphatic carbocycles. The van der Waals surface area contributed by atoms with Gasteiger partial charge in [-0.15, -0.1) is 0 Å². The average Bonchev–Trinajstić information content (AvgIpc) is 2.71. The van der Waals surface area contributed by atoms with Crippen molar-refractivity contribution in [1.29, 1.82) is 0 Å². The van der Waals surface area contributed by atoms with Crippen LogP contribution in [0.5, 0.6) is 0 Å². The first-order valence-electron chi connectivity index (χ1n) is 9.12. The molecule has 0 aromatic rings. The summed E-state index contributed by atoms with van der Waals surface area (Å²) in [5.41, 5.74) is 0.487. The van der Waals surface area contributed by atoms with Crippen molar-refractivity contribution in [2.75, 3.05) is 32.7 Å². The van der Waals surface area contributed by atoms with Crippen molar-refractivity contribution in [3.8, 4) is 0 Å². The minimum atomic E-state index is 0.487. The van der Waals surface area contributed by atoms with E-state index in [1.807, 2.05) is 0 Å². The molecule has 1 rings (SSSR count).